The molecule has 0 radical (unpaired) electrons. The molecule has 1 aliphatic heterocycles. The zero-order valence-corrected chi connectivity index (χ0v) is 15.2. The summed E-state index contributed by atoms with van der Waals surface area (Å²) in [7, 11) is 1.71. The Bertz CT molecular complexity index is 952. The first-order valence-electron chi connectivity index (χ1n) is 8.30. The van der Waals surface area contributed by atoms with E-state index in [2.05, 4.69) is 20.6 Å². The van der Waals surface area contributed by atoms with Gasteiger partial charge in [-0.3, -0.25) is 9.59 Å². The SMILES string of the molecule is CC1=NN(c2cccc(C(F)(F)F)c2)C(=O)C1C(=O)NC(C)c1nncn1C. The molecule has 1 aromatic carbocycles. The first-order valence-corrected chi connectivity index (χ1v) is 8.30. The number of benzene rings is 1. The fourth-order valence-corrected chi connectivity index (χ4v) is 2.91. The van der Waals surface area contributed by atoms with Gasteiger partial charge in [0, 0.05) is 7.05 Å². The number of alkyl halides is 3. The summed E-state index contributed by atoms with van der Waals surface area (Å²) in [6, 6.07) is 3.69. The van der Waals surface area contributed by atoms with Gasteiger partial charge in [-0.15, -0.1) is 10.2 Å². The molecule has 1 aromatic heterocycles. The Balaban J connectivity index is 1.79. The van der Waals surface area contributed by atoms with Crippen molar-refractivity contribution in [2.24, 2.45) is 18.1 Å². The second-order valence-corrected chi connectivity index (χ2v) is 6.40. The molecule has 0 fully saturated rings. The highest BCUT2D eigenvalue weighted by Crippen LogP contribution is 2.33. The number of carbonyl (C=O) groups excluding carboxylic acids is 2. The first-order chi connectivity index (χ1) is 13.1. The van der Waals surface area contributed by atoms with Crippen LogP contribution in [-0.2, 0) is 22.8 Å². The predicted molar refractivity (Wildman–Crippen MR) is 93.1 cm³/mol. The lowest BCUT2D eigenvalue weighted by Gasteiger charge is -2.18. The average molecular weight is 394 g/mol. The Morgan fingerprint density at radius 1 is 1.32 bits per heavy atom. The van der Waals surface area contributed by atoms with Gasteiger partial charge in [0.1, 0.15) is 6.33 Å². The summed E-state index contributed by atoms with van der Waals surface area (Å²) in [5.41, 5.74) is -0.782. The molecule has 2 heterocycles. The van der Waals surface area contributed by atoms with E-state index in [1.165, 1.54) is 25.4 Å². The molecule has 2 aromatic rings. The minimum absolute atomic E-state index is 0.0594. The highest BCUT2D eigenvalue weighted by molar-refractivity contribution is 6.26. The molecular weight excluding hydrogens is 377 g/mol. The van der Waals surface area contributed by atoms with E-state index >= 15 is 0 Å². The number of hydrogen-bond donors (Lipinski definition) is 1. The minimum atomic E-state index is -4.56. The van der Waals surface area contributed by atoms with Crippen molar-refractivity contribution in [3.8, 4) is 0 Å². The number of nitrogens with one attached hydrogen (secondary N) is 1. The fourth-order valence-electron chi connectivity index (χ4n) is 2.91. The molecule has 3 rings (SSSR count). The summed E-state index contributed by atoms with van der Waals surface area (Å²) in [5, 5.41) is 15.1. The van der Waals surface area contributed by atoms with Crippen molar-refractivity contribution in [1.82, 2.24) is 20.1 Å². The van der Waals surface area contributed by atoms with Gasteiger partial charge in [0.2, 0.25) is 5.91 Å². The third-order valence-electron chi connectivity index (χ3n) is 4.30. The summed E-state index contributed by atoms with van der Waals surface area (Å²) in [5.74, 6) is -2.08. The van der Waals surface area contributed by atoms with Crippen LogP contribution in [0.25, 0.3) is 0 Å². The van der Waals surface area contributed by atoms with E-state index in [1.54, 1.807) is 18.5 Å². The topological polar surface area (TPSA) is 92.5 Å². The van der Waals surface area contributed by atoms with E-state index in [9.17, 15) is 22.8 Å². The van der Waals surface area contributed by atoms with Gasteiger partial charge in [0.05, 0.1) is 23.0 Å². The smallest absolute Gasteiger partial charge is 0.345 e. The summed E-state index contributed by atoms with van der Waals surface area (Å²) in [6.07, 6.45) is -3.08. The first kappa shape index (κ1) is 19.5. The number of halogens is 3. The van der Waals surface area contributed by atoms with Crippen molar-refractivity contribution in [2.75, 3.05) is 5.01 Å². The van der Waals surface area contributed by atoms with Crippen LogP contribution in [0.5, 0.6) is 0 Å². The van der Waals surface area contributed by atoms with Crippen LogP contribution in [-0.4, -0.2) is 32.3 Å². The lowest BCUT2D eigenvalue weighted by molar-refractivity contribution is -0.137. The number of aromatic nitrogens is 3. The van der Waals surface area contributed by atoms with Gasteiger partial charge in [-0.2, -0.15) is 23.3 Å². The van der Waals surface area contributed by atoms with E-state index < -0.39 is 35.5 Å². The quantitative estimate of drug-likeness (QED) is 0.804. The van der Waals surface area contributed by atoms with Crippen molar-refractivity contribution in [1.29, 1.82) is 0 Å². The van der Waals surface area contributed by atoms with Gasteiger partial charge in [-0.05, 0) is 32.0 Å². The predicted octanol–water partition coefficient (Wildman–Crippen LogP) is 2.05. The van der Waals surface area contributed by atoms with Gasteiger partial charge in [0.25, 0.3) is 5.91 Å². The summed E-state index contributed by atoms with van der Waals surface area (Å²) in [4.78, 5) is 25.3. The van der Waals surface area contributed by atoms with Crippen molar-refractivity contribution in [3.05, 3.63) is 42.0 Å². The van der Waals surface area contributed by atoms with Gasteiger partial charge in [-0.1, -0.05) is 6.07 Å². The highest BCUT2D eigenvalue weighted by atomic mass is 19.4. The monoisotopic (exact) mass is 394 g/mol. The molecule has 0 aliphatic carbocycles. The van der Waals surface area contributed by atoms with Crippen molar-refractivity contribution >= 4 is 23.2 Å². The van der Waals surface area contributed by atoms with Crippen LogP contribution in [0.4, 0.5) is 18.9 Å². The lowest BCUT2D eigenvalue weighted by Crippen LogP contribution is -2.41. The molecule has 11 heteroatoms. The zero-order valence-electron chi connectivity index (χ0n) is 15.2. The molecular formula is C17H17F3N6O2. The van der Waals surface area contributed by atoms with Crippen LogP contribution >= 0.6 is 0 Å². The number of anilines is 1. The summed E-state index contributed by atoms with van der Waals surface area (Å²) < 4.78 is 40.4. The fraction of sp³-hybridized carbons (Fsp3) is 0.353. The molecule has 1 aliphatic rings. The van der Waals surface area contributed by atoms with Gasteiger partial charge in [0.15, 0.2) is 11.7 Å². The Labute approximate surface area is 158 Å². The van der Waals surface area contributed by atoms with Crippen molar-refractivity contribution < 1.29 is 22.8 Å². The zero-order chi connectivity index (χ0) is 20.6. The molecule has 0 bridgehead atoms. The molecule has 1 N–H and O–H groups in total. The van der Waals surface area contributed by atoms with Crippen LogP contribution in [0.2, 0.25) is 0 Å². The highest BCUT2D eigenvalue weighted by Gasteiger charge is 2.41. The van der Waals surface area contributed by atoms with Crippen LogP contribution in [0.3, 0.4) is 0 Å². The molecule has 8 nitrogen and oxygen atoms in total. The standard InChI is InChI=1S/C17H17F3N6O2/c1-9-13(15(27)22-10(2)14-23-21-8-25(14)3)16(28)26(24-9)12-6-4-5-11(7-12)17(18,19)20/h4-8,10,13H,1-3H3,(H,22,27). The molecule has 2 amide bonds. The Hall–Kier alpha value is -3.24. The average Bonchev–Trinajstić information content (AvgIpc) is 3.17. The van der Waals surface area contributed by atoms with E-state index in [0.29, 0.717) is 5.82 Å². The maximum absolute atomic E-state index is 12.9. The van der Waals surface area contributed by atoms with Crippen LogP contribution in [0, 0.1) is 5.92 Å². The van der Waals surface area contributed by atoms with E-state index in [4.69, 9.17) is 0 Å². The molecule has 2 atom stereocenters. The number of hydrazone groups is 1. The second-order valence-electron chi connectivity index (χ2n) is 6.40. The Morgan fingerprint density at radius 3 is 2.64 bits per heavy atom. The van der Waals surface area contributed by atoms with Crippen LogP contribution < -0.4 is 10.3 Å². The third kappa shape index (κ3) is 3.59. The number of carbonyl (C=O) groups is 2. The normalized spacial score (nSPS) is 18.2. The molecule has 0 spiro atoms. The molecule has 0 saturated carbocycles. The maximum Gasteiger partial charge on any atom is 0.416 e. The summed E-state index contributed by atoms with van der Waals surface area (Å²) in [6.45, 7) is 3.15. The third-order valence-corrected chi connectivity index (χ3v) is 4.30. The van der Waals surface area contributed by atoms with Gasteiger partial charge in [-0.25, -0.2) is 0 Å². The van der Waals surface area contributed by atoms with Gasteiger partial charge < -0.3 is 9.88 Å². The Kier molecular flexibility index (Phi) is 4.92. The summed E-state index contributed by atoms with van der Waals surface area (Å²) >= 11 is 0. The number of aryl methyl sites for hydroxylation is 1. The van der Waals surface area contributed by atoms with Gasteiger partial charge >= 0.3 is 6.18 Å². The molecule has 0 saturated heterocycles. The van der Waals surface area contributed by atoms with Crippen LogP contribution in [0.1, 0.15) is 31.3 Å². The second kappa shape index (κ2) is 7.06. The molecule has 28 heavy (non-hydrogen) atoms. The maximum atomic E-state index is 12.9. The lowest BCUT2D eigenvalue weighted by atomic mass is 10.0. The van der Waals surface area contributed by atoms with E-state index in [1.807, 2.05) is 0 Å². The molecule has 148 valence electrons. The van der Waals surface area contributed by atoms with Crippen LogP contribution in [0.15, 0.2) is 35.7 Å². The van der Waals surface area contributed by atoms with Crippen molar-refractivity contribution in [3.63, 3.8) is 0 Å². The number of amides is 2. The minimum Gasteiger partial charge on any atom is -0.345 e. The van der Waals surface area contributed by atoms with E-state index in [-0.39, 0.29) is 11.4 Å². The number of rotatable bonds is 4. The molecule has 2 unspecified atom stereocenters. The van der Waals surface area contributed by atoms with E-state index in [0.717, 1.165) is 17.1 Å². The Morgan fingerprint density at radius 2 is 2.04 bits per heavy atom. The number of nitrogens with zero attached hydrogens (tertiary/aromatic N) is 5. The largest absolute Gasteiger partial charge is 0.416 e. The number of hydrogen-bond acceptors (Lipinski definition) is 5. The van der Waals surface area contributed by atoms with Crippen molar-refractivity contribution in [2.45, 2.75) is 26.1 Å².